The van der Waals surface area contributed by atoms with Crippen LogP contribution in [-0.2, 0) is 13.6 Å². The molecule has 1 aliphatic heterocycles. The van der Waals surface area contributed by atoms with Crippen LogP contribution in [-0.4, -0.2) is 32.9 Å². The van der Waals surface area contributed by atoms with Gasteiger partial charge in [0.25, 0.3) is 0 Å². The molecule has 4 nitrogen and oxygen atoms in total. The lowest BCUT2D eigenvalue weighted by Crippen LogP contribution is -2.35. The molecule has 1 aromatic carbocycles. The molecule has 0 saturated carbocycles. The van der Waals surface area contributed by atoms with Crippen molar-refractivity contribution >= 4 is 11.6 Å². The molecule has 1 N–H and O–H groups in total. The SMILES string of the molecule is Cc1nn(C)cc1CN1CCC(C(O)c2ccc(Cl)cc2)CC1. The second-order valence-electron chi connectivity index (χ2n) is 6.52. The molecule has 0 radical (unpaired) electrons. The van der Waals surface area contributed by atoms with Crippen molar-refractivity contribution in [3.05, 3.63) is 52.3 Å². The third-order valence-electron chi connectivity index (χ3n) is 4.80. The Labute approximate surface area is 142 Å². The van der Waals surface area contributed by atoms with E-state index in [1.165, 1.54) is 5.56 Å². The zero-order chi connectivity index (χ0) is 16.4. The van der Waals surface area contributed by atoms with Crippen LogP contribution in [0.4, 0.5) is 0 Å². The van der Waals surface area contributed by atoms with Gasteiger partial charge in [0.05, 0.1) is 11.8 Å². The number of benzene rings is 1. The third kappa shape index (κ3) is 3.94. The molecule has 0 bridgehead atoms. The minimum Gasteiger partial charge on any atom is -0.388 e. The van der Waals surface area contributed by atoms with Crippen LogP contribution in [0.3, 0.4) is 0 Å². The van der Waals surface area contributed by atoms with E-state index in [1.54, 1.807) is 0 Å². The Morgan fingerprint density at radius 1 is 1.26 bits per heavy atom. The first kappa shape index (κ1) is 16.5. The van der Waals surface area contributed by atoms with Gasteiger partial charge in [0.2, 0.25) is 0 Å². The van der Waals surface area contributed by atoms with E-state index in [-0.39, 0.29) is 0 Å². The van der Waals surface area contributed by atoms with Crippen LogP contribution in [0.5, 0.6) is 0 Å². The first-order valence-corrected chi connectivity index (χ1v) is 8.55. The lowest BCUT2D eigenvalue weighted by molar-refractivity contribution is 0.0567. The Balaban J connectivity index is 1.55. The molecule has 1 atom stereocenters. The Morgan fingerprint density at radius 3 is 2.48 bits per heavy atom. The maximum Gasteiger partial charge on any atom is 0.0819 e. The largest absolute Gasteiger partial charge is 0.388 e. The first-order chi connectivity index (χ1) is 11.0. The number of rotatable bonds is 4. The minimum atomic E-state index is -0.394. The fourth-order valence-electron chi connectivity index (χ4n) is 3.40. The molecule has 1 unspecified atom stereocenters. The third-order valence-corrected chi connectivity index (χ3v) is 5.05. The highest BCUT2D eigenvalue weighted by atomic mass is 35.5. The second kappa shape index (κ2) is 7.04. The molecular weight excluding hydrogens is 310 g/mol. The van der Waals surface area contributed by atoms with E-state index in [4.69, 9.17) is 11.6 Å². The molecule has 3 rings (SSSR count). The average Bonchev–Trinajstić information content (AvgIpc) is 2.86. The molecule has 1 fully saturated rings. The van der Waals surface area contributed by atoms with Crippen molar-refractivity contribution in [1.29, 1.82) is 0 Å². The van der Waals surface area contributed by atoms with E-state index in [1.807, 2.05) is 36.0 Å². The molecule has 23 heavy (non-hydrogen) atoms. The monoisotopic (exact) mass is 333 g/mol. The zero-order valence-electron chi connectivity index (χ0n) is 13.7. The van der Waals surface area contributed by atoms with E-state index in [0.29, 0.717) is 10.9 Å². The molecule has 0 aliphatic carbocycles. The van der Waals surface area contributed by atoms with E-state index in [0.717, 1.165) is 43.7 Å². The zero-order valence-corrected chi connectivity index (χ0v) is 14.5. The van der Waals surface area contributed by atoms with Gasteiger partial charge >= 0.3 is 0 Å². The van der Waals surface area contributed by atoms with Crippen LogP contribution in [0.25, 0.3) is 0 Å². The summed E-state index contributed by atoms with van der Waals surface area (Å²) in [5, 5.41) is 15.7. The number of hydrogen-bond donors (Lipinski definition) is 1. The number of likely N-dealkylation sites (tertiary alicyclic amines) is 1. The summed E-state index contributed by atoms with van der Waals surface area (Å²) in [5.41, 5.74) is 3.37. The summed E-state index contributed by atoms with van der Waals surface area (Å²) >= 11 is 5.92. The van der Waals surface area contributed by atoms with Crippen molar-refractivity contribution in [2.75, 3.05) is 13.1 Å². The van der Waals surface area contributed by atoms with Gasteiger partial charge in [0, 0.05) is 30.4 Å². The number of aliphatic hydroxyl groups is 1. The number of hydrogen-bond acceptors (Lipinski definition) is 3. The number of piperidine rings is 1. The van der Waals surface area contributed by atoms with E-state index in [2.05, 4.69) is 23.1 Å². The lowest BCUT2D eigenvalue weighted by Gasteiger charge is -2.34. The van der Waals surface area contributed by atoms with Crippen molar-refractivity contribution in [3.63, 3.8) is 0 Å². The van der Waals surface area contributed by atoms with E-state index in [9.17, 15) is 5.11 Å². The van der Waals surface area contributed by atoms with Gasteiger partial charge < -0.3 is 5.11 Å². The Kier molecular flexibility index (Phi) is 5.05. The Bertz CT molecular complexity index is 645. The lowest BCUT2D eigenvalue weighted by atomic mass is 9.87. The molecule has 1 aliphatic rings. The Hall–Kier alpha value is -1.36. The highest BCUT2D eigenvalue weighted by molar-refractivity contribution is 6.30. The fourth-order valence-corrected chi connectivity index (χ4v) is 3.53. The number of aromatic nitrogens is 2. The summed E-state index contributed by atoms with van der Waals surface area (Å²) in [7, 11) is 1.96. The molecular formula is C18H24ClN3O. The van der Waals surface area contributed by atoms with Gasteiger partial charge in [-0.15, -0.1) is 0 Å². The van der Waals surface area contributed by atoms with Crippen molar-refractivity contribution in [3.8, 4) is 0 Å². The molecule has 124 valence electrons. The molecule has 2 heterocycles. The Morgan fingerprint density at radius 2 is 1.91 bits per heavy atom. The second-order valence-corrected chi connectivity index (χ2v) is 6.96. The maximum atomic E-state index is 10.6. The van der Waals surface area contributed by atoms with Crippen molar-refractivity contribution in [1.82, 2.24) is 14.7 Å². The maximum absolute atomic E-state index is 10.6. The summed E-state index contributed by atoms with van der Waals surface area (Å²) in [6.07, 6.45) is 3.74. The van der Waals surface area contributed by atoms with Crippen LogP contribution in [0.2, 0.25) is 5.02 Å². The van der Waals surface area contributed by atoms with Crippen LogP contribution < -0.4 is 0 Å². The molecule has 0 amide bonds. The van der Waals surface area contributed by atoms with Gasteiger partial charge in [0.1, 0.15) is 0 Å². The van der Waals surface area contributed by atoms with Gasteiger partial charge in [-0.05, 0) is 56.5 Å². The standard InChI is InChI=1S/C18H24ClN3O/c1-13-16(11-21(2)20-13)12-22-9-7-15(8-10-22)18(23)14-3-5-17(19)6-4-14/h3-6,11,15,18,23H,7-10,12H2,1-2H3. The summed E-state index contributed by atoms with van der Waals surface area (Å²) in [4.78, 5) is 2.45. The summed E-state index contributed by atoms with van der Waals surface area (Å²) in [6, 6.07) is 7.55. The molecule has 1 saturated heterocycles. The van der Waals surface area contributed by atoms with Crippen molar-refractivity contribution in [2.24, 2.45) is 13.0 Å². The van der Waals surface area contributed by atoms with Gasteiger partial charge in [0.15, 0.2) is 0 Å². The van der Waals surface area contributed by atoms with Crippen LogP contribution in [0.1, 0.15) is 35.8 Å². The highest BCUT2D eigenvalue weighted by Gasteiger charge is 2.26. The molecule has 5 heteroatoms. The number of nitrogens with zero attached hydrogens (tertiary/aromatic N) is 3. The minimum absolute atomic E-state index is 0.322. The summed E-state index contributed by atoms with van der Waals surface area (Å²) < 4.78 is 1.88. The summed E-state index contributed by atoms with van der Waals surface area (Å²) in [6.45, 7) is 5.04. The van der Waals surface area contributed by atoms with Crippen molar-refractivity contribution < 1.29 is 5.11 Å². The van der Waals surface area contributed by atoms with Crippen LogP contribution in [0.15, 0.2) is 30.5 Å². The van der Waals surface area contributed by atoms with Gasteiger partial charge in [-0.2, -0.15) is 5.10 Å². The smallest absolute Gasteiger partial charge is 0.0819 e. The normalized spacial score (nSPS) is 18.3. The fraction of sp³-hybridized carbons (Fsp3) is 0.500. The van der Waals surface area contributed by atoms with Gasteiger partial charge in [-0.3, -0.25) is 9.58 Å². The molecule has 0 spiro atoms. The average molecular weight is 334 g/mol. The van der Waals surface area contributed by atoms with E-state index >= 15 is 0 Å². The van der Waals surface area contributed by atoms with Gasteiger partial charge in [-0.1, -0.05) is 23.7 Å². The predicted octanol–water partition coefficient (Wildman–Crippen LogP) is 3.33. The summed E-state index contributed by atoms with van der Waals surface area (Å²) in [5.74, 6) is 0.322. The number of aliphatic hydroxyl groups excluding tert-OH is 1. The molecule has 1 aromatic heterocycles. The predicted molar refractivity (Wildman–Crippen MR) is 92.4 cm³/mol. The molecule has 2 aromatic rings. The van der Waals surface area contributed by atoms with Crippen LogP contribution >= 0.6 is 11.6 Å². The van der Waals surface area contributed by atoms with E-state index < -0.39 is 6.10 Å². The van der Waals surface area contributed by atoms with Gasteiger partial charge in [-0.25, -0.2) is 0 Å². The van der Waals surface area contributed by atoms with Crippen LogP contribution in [0, 0.1) is 12.8 Å². The number of halogens is 1. The first-order valence-electron chi connectivity index (χ1n) is 8.18. The number of aryl methyl sites for hydroxylation is 2. The highest BCUT2D eigenvalue weighted by Crippen LogP contribution is 2.31. The van der Waals surface area contributed by atoms with Crippen molar-refractivity contribution in [2.45, 2.75) is 32.4 Å². The topological polar surface area (TPSA) is 41.3 Å². The quantitative estimate of drug-likeness (QED) is 0.933.